The molecule has 3 aromatic heterocycles. The molecule has 0 aliphatic heterocycles. The summed E-state index contributed by atoms with van der Waals surface area (Å²) in [6.45, 7) is 0. The van der Waals surface area contributed by atoms with Crippen LogP contribution in [0.2, 0.25) is 0 Å². The van der Waals surface area contributed by atoms with Crippen molar-refractivity contribution in [3.63, 3.8) is 0 Å². The number of hydrogen-bond donors (Lipinski definition) is 1. The third-order valence-corrected chi connectivity index (χ3v) is 9.40. The SMILES string of the molecule is c1ccc(-n2c3ccccc3c3cc(-c4ccc(Nc5cc6c7ccccc7n7c8ccccc8c(c5)c67)cc4)ccc32)cc1. The molecule has 0 atom stereocenters. The lowest BCUT2D eigenvalue weighted by Crippen LogP contribution is -1.93. The molecule has 0 spiro atoms. The predicted molar refractivity (Wildman–Crippen MR) is 191 cm³/mol. The van der Waals surface area contributed by atoms with Crippen LogP contribution in [0.25, 0.3) is 76.7 Å². The average Bonchev–Trinajstić information content (AvgIpc) is 3.73. The van der Waals surface area contributed by atoms with Crippen LogP contribution < -0.4 is 5.32 Å². The van der Waals surface area contributed by atoms with E-state index in [0.717, 1.165) is 11.4 Å². The Bertz CT molecular complexity index is 2630. The Morgan fingerprint density at radius 2 is 0.889 bits per heavy atom. The van der Waals surface area contributed by atoms with Gasteiger partial charge in [-0.1, -0.05) is 91.0 Å². The van der Waals surface area contributed by atoms with Gasteiger partial charge in [0, 0.05) is 49.4 Å². The lowest BCUT2D eigenvalue weighted by atomic mass is 10.0. The van der Waals surface area contributed by atoms with Crippen molar-refractivity contribution in [1.82, 2.24) is 8.97 Å². The fraction of sp³-hybridized carbons (Fsp3) is 0. The topological polar surface area (TPSA) is 21.4 Å². The van der Waals surface area contributed by atoms with Gasteiger partial charge >= 0.3 is 0 Å². The van der Waals surface area contributed by atoms with Crippen molar-refractivity contribution in [2.45, 2.75) is 0 Å². The molecule has 0 aliphatic carbocycles. The summed E-state index contributed by atoms with van der Waals surface area (Å²) in [4.78, 5) is 0. The molecule has 7 aromatic carbocycles. The zero-order valence-corrected chi connectivity index (χ0v) is 24.4. The van der Waals surface area contributed by atoms with Gasteiger partial charge in [-0.3, -0.25) is 0 Å². The van der Waals surface area contributed by atoms with Crippen molar-refractivity contribution in [3.05, 3.63) is 158 Å². The molecule has 45 heavy (non-hydrogen) atoms. The van der Waals surface area contributed by atoms with Crippen molar-refractivity contribution in [1.29, 1.82) is 0 Å². The third-order valence-electron chi connectivity index (χ3n) is 9.40. The van der Waals surface area contributed by atoms with Crippen LogP contribution >= 0.6 is 0 Å². The van der Waals surface area contributed by atoms with Gasteiger partial charge in [-0.25, -0.2) is 0 Å². The Balaban J connectivity index is 1.05. The molecule has 10 aromatic rings. The molecule has 3 heteroatoms. The second-order valence-electron chi connectivity index (χ2n) is 11.9. The zero-order valence-electron chi connectivity index (χ0n) is 24.4. The summed E-state index contributed by atoms with van der Waals surface area (Å²) in [6, 6.07) is 57.0. The first-order chi connectivity index (χ1) is 22.3. The molecule has 3 heterocycles. The molecule has 0 saturated heterocycles. The largest absolute Gasteiger partial charge is 0.355 e. The van der Waals surface area contributed by atoms with E-state index in [1.165, 1.54) is 76.7 Å². The monoisotopic (exact) mass is 573 g/mol. The summed E-state index contributed by atoms with van der Waals surface area (Å²) in [6.07, 6.45) is 0. The standard InChI is InChI=1S/C42H27N3/c1-2-10-31(11-3-1)44-38-15-7-4-12-32(38)35-24-28(20-23-41(35)44)27-18-21-29(22-19-27)43-30-25-36-33-13-5-8-16-39(33)45-40-17-9-6-14-34(40)37(26-30)42(36)45/h1-26,43H. The van der Waals surface area contributed by atoms with Crippen molar-refractivity contribution in [2.75, 3.05) is 5.32 Å². The van der Waals surface area contributed by atoms with Crippen LogP contribution in [0.5, 0.6) is 0 Å². The molecular formula is C42H27N3. The highest BCUT2D eigenvalue weighted by molar-refractivity contribution is 6.24. The van der Waals surface area contributed by atoms with E-state index in [9.17, 15) is 0 Å². The number of para-hydroxylation sites is 4. The Morgan fingerprint density at radius 3 is 1.56 bits per heavy atom. The van der Waals surface area contributed by atoms with Crippen LogP contribution in [0.4, 0.5) is 11.4 Å². The minimum absolute atomic E-state index is 1.07. The molecular weight excluding hydrogens is 546 g/mol. The van der Waals surface area contributed by atoms with Crippen molar-refractivity contribution < 1.29 is 0 Å². The fourth-order valence-corrected chi connectivity index (χ4v) is 7.44. The summed E-state index contributed by atoms with van der Waals surface area (Å²) in [7, 11) is 0. The van der Waals surface area contributed by atoms with Crippen molar-refractivity contribution in [3.8, 4) is 16.8 Å². The van der Waals surface area contributed by atoms with Crippen LogP contribution in [0.3, 0.4) is 0 Å². The van der Waals surface area contributed by atoms with E-state index in [0.29, 0.717) is 0 Å². The number of aromatic nitrogens is 2. The minimum Gasteiger partial charge on any atom is -0.355 e. The summed E-state index contributed by atoms with van der Waals surface area (Å²) in [5, 5.41) is 11.4. The van der Waals surface area contributed by atoms with Crippen molar-refractivity contribution >= 4 is 71.3 Å². The quantitative estimate of drug-likeness (QED) is 0.222. The number of rotatable bonds is 4. The molecule has 0 saturated carbocycles. The second kappa shape index (κ2) is 9.22. The zero-order chi connectivity index (χ0) is 29.5. The van der Waals surface area contributed by atoms with E-state index in [4.69, 9.17) is 0 Å². The molecule has 0 fully saturated rings. The van der Waals surface area contributed by atoms with Gasteiger partial charge < -0.3 is 14.3 Å². The number of hydrogen-bond acceptors (Lipinski definition) is 1. The van der Waals surface area contributed by atoms with Crippen LogP contribution in [-0.4, -0.2) is 8.97 Å². The number of fused-ring (bicyclic) bond motifs is 9. The molecule has 0 aliphatic rings. The predicted octanol–water partition coefficient (Wildman–Crippen LogP) is 11.3. The van der Waals surface area contributed by atoms with Gasteiger partial charge in [0.15, 0.2) is 0 Å². The van der Waals surface area contributed by atoms with E-state index in [2.05, 4.69) is 172 Å². The first kappa shape index (κ1) is 24.4. The van der Waals surface area contributed by atoms with Crippen LogP contribution in [0.15, 0.2) is 158 Å². The van der Waals surface area contributed by atoms with Gasteiger partial charge in [-0.05, 0) is 77.9 Å². The number of nitrogens with one attached hydrogen (secondary N) is 1. The van der Waals surface area contributed by atoms with Gasteiger partial charge in [-0.2, -0.15) is 0 Å². The lowest BCUT2D eigenvalue weighted by molar-refractivity contribution is 1.18. The van der Waals surface area contributed by atoms with E-state index in [-0.39, 0.29) is 0 Å². The number of benzene rings is 7. The lowest BCUT2D eigenvalue weighted by Gasteiger charge is -2.10. The summed E-state index contributed by atoms with van der Waals surface area (Å²) >= 11 is 0. The molecule has 3 nitrogen and oxygen atoms in total. The highest BCUT2D eigenvalue weighted by Gasteiger charge is 2.18. The molecule has 0 radical (unpaired) electrons. The summed E-state index contributed by atoms with van der Waals surface area (Å²) in [5.41, 5.74) is 12.0. The average molecular weight is 574 g/mol. The smallest absolute Gasteiger partial charge is 0.0622 e. The van der Waals surface area contributed by atoms with Gasteiger partial charge in [-0.15, -0.1) is 0 Å². The van der Waals surface area contributed by atoms with Crippen LogP contribution in [0, 0.1) is 0 Å². The third kappa shape index (κ3) is 3.52. The Hall–Kier alpha value is -6.06. The highest BCUT2D eigenvalue weighted by Crippen LogP contribution is 2.41. The van der Waals surface area contributed by atoms with Gasteiger partial charge in [0.25, 0.3) is 0 Å². The Labute approximate surface area is 259 Å². The van der Waals surface area contributed by atoms with Gasteiger partial charge in [0.1, 0.15) is 0 Å². The van der Waals surface area contributed by atoms with Crippen molar-refractivity contribution in [2.24, 2.45) is 0 Å². The normalized spacial score (nSPS) is 12.0. The maximum Gasteiger partial charge on any atom is 0.0622 e. The fourth-order valence-electron chi connectivity index (χ4n) is 7.44. The number of nitrogens with zero attached hydrogens (tertiary/aromatic N) is 2. The second-order valence-corrected chi connectivity index (χ2v) is 11.9. The maximum atomic E-state index is 3.72. The van der Waals surface area contributed by atoms with E-state index in [1.54, 1.807) is 0 Å². The maximum absolute atomic E-state index is 3.72. The first-order valence-electron chi connectivity index (χ1n) is 15.4. The molecule has 0 unspecified atom stereocenters. The van der Waals surface area contributed by atoms with E-state index in [1.807, 2.05) is 0 Å². The molecule has 0 bridgehead atoms. The molecule has 10 rings (SSSR count). The van der Waals surface area contributed by atoms with Gasteiger partial charge in [0.05, 0.1) is 27.6 Å². The Kier molecular flexibility index (Phi) is 5.00. The molecule has 1 N–H and O–H groups in total. The van der Waals surface area contributed by atoms with Gasteiger partial charge in [0.2, 0.25) is 0 Å². The summed E-state index contributed by atoms with van der Waals surface area (Å²) < 4.78 is 4.78. The number of anilines is 2. The Morgan fingerprint density at radius 1 is 0.356 bits per heavy atom. The summed E-state index contributed by atoms with van der Waals surface area (Å²) in [5.74, 6) is 0. The highest BCUT2D eigenvalue weighted by atomic mass is 15.0. The first-order valence-corrected chi connectivity index (χ1v) is 15.4. The van der Waals surface area contributed by atoms with Crippen LogP contribution in [0.1, 0.15) is 0 Å². The molecule has 210 valence electrons. The minimum atomic E-state index is 1.07. The molecule has 0 amide bonds. The van der Waals surface area contributed by atoms with E-state index < -0.39 is 0 Å². The van der Waals surface area contributed by atoms with Crippen LogP contribution in [-0.2, 0) is 0 Å². The van der Waals surface area contributed by atoms with E-state index >= 15 is 0 Å².